The molecule has 0 fully saturated rings. The van der Waals surface area contributed by atoms with E-state index in [4.69, 9.17) is 0 Å². The van der Waals surface area contributed by atoms with Crippen LogP contribution in [0.1, 0.15) is 23.1 Å². The van der Waals surface area contributed by atoms with Crippen LogP contribution in [0.2, 0.25) is 0 Å². The third-order valence-electron chi connectivity index (χ3n) is 2.83. The van der Waals surface area contributed by atoms with Gasteiger partial charge in [0.1, 0.15) is 5.69 Å². The topological polar surface area (TPSA) is 46.9 Å². The normalized spacial score (nSPS) is 10.4. The van der Waals surface area contributed by atoms with Crippen LogP contribution < -0.4 is 5.32 Å². The molecule has 0 saturated carbocycles. The maximum absolute atomic E-state index is 12.1. The molecule has 100 valence electrons. The van der Waals surface area contributed by atoms with Crippen molar-refractivity contribution in [2.45, 2.75) is 19.9 Å². The number of pyridine rings is 1. The van der Waals surface area contributed by atoms with E-state index in [1.54, 1.807) is 6.20 Å². The smallest absolute Gasteiger partial charge is 0.267 e. The SMILES string of the molecule is CCn1cc(Br)cc1C(=O)NCCc1ccccn1. The van der Waals surface area contributed by atoms with Crippen molar-refractivity contribution in [3.63, 3.8) is 0 Å². The molecule has 0 aliphatic heterocycles. The van der Waals surface area contributed by atoms with Gasteiger partial charge in [0, 0.05) is 42.1 Å². The first-order valence-electron chi connectivity index (χ1n) is 6.24. The van der Waals surface area contributed by atoms with Gasteiger partial charge < -0.3 is 9.88 Å². The quantitative estimate of drug-likeness (QED) is 0.920. The third kappa shape index (κ3) is 3.67. The van der Waals surface area contributed by atoms with Gasteiger partial charge in [-0.25, -0.2) is 0 Å². The van der Waals surface area contributed by atoms with Crippen LogP contribution in [0.5, 0.6) is 0 Å². The molecule has 0 aromatic carbocycles. The van der Waals surface area contributed by atoms with Gasteiger partial charge in [-0.15, -0.1) is 0 Å². The summed E-state index contributed by atoms with van der Waals surface area (Å²) in [5, 5.41) is 2.91. The van der Waals surface area contributed by atoms with E-state index in [1.807, 2.05) is 42.0 Å². The number of rotatable bonds is 5. The Morgan fingerprint density at radius 1 is 1.47 bits per heavy atom. The minimum absolute atomic E-state index is 0.0523. The fourth-order valence-electron chi connectivity index (χ4n) is 1.87. The van der Waals surface area contributed by atoms with Gasteiger partial charge in [-0.1, -0.05) is 6.07 Å². The number of carbonyl (C=O) groups excluding carboxylic acids is 1. The average molecular weight is 322 g/mol. The van der Waals surface area contributed by atoms with Crippen molar-refractivity contribution in [3.05, 3.63) is 52.5 Å². The largest absolute Gasteiger partial charge is 0.350 e. The number of carbonyl (C=O) groups is 1. The molecule has 0 spiro atoms. The second-order valence-corrected chi connectivity index (χ2v) is 5.07. The fraction of sp³-hybridized carbons (Fsp3) is 0.286. The van der Waals surface area contributed by atoms with E-state index in [2.05, 4.69) is 26.2 Å². The monoisotopic (exact) mass is 321 g/mol. The van der Waals surface area contributed by atoms with Crippen LogP contribution in [-0.4, -0.2) is 22.0 Å². The van der Waals surface area contributed by atoms with E-state index < -0.39 is 0 Å². The van der Waals surface area contributed by atoms with Gasteiger partial charge in [0.05, 0.1) is 0 Å². The molecule has 0 bridgehead atoms. The third-order valence-corrected chi connectivity index (χ3v) is 3.26. The highest BCUT2D eigenvalue weighted by Crippen LogP contribution is 2.14. The Kier molecular flexibility index (Phi) is 4.74. The summed E-state index contributed by atoms with van der Waals surface area (Å²) in [6.07, 6.45) is 4.41. The van der Waals surface area contributed by atoms with E-state index in [0.29, 0.717) is 12.2 Å². The second-order valence-electron chi connectivity index (χ2n) is 4.16. The van der Waals surface area contributed by atoms with Crippen molar-refractivity contribution in [1.82, 2.24) is 14.9 Å². The Hall–Kier alpha value is -1.62. The minimum atomic E-state index is -0.0523. The molecular formula is C14H16BrN3O. The van der Waals surface area contributed by atoms with Gasteiger partial charge in [0.25, 0.3) is 5.91 Å². The lowest BCUT2D eigenvalue weighted by Crippen LogP contribution is -2.27. The highest BCUT2D eigenvalue weighted by Gasteiger charge is 2.11. The molecule has 0 saturated heterocycles. The summed E-state index contributed by atoms with van der Waals surface area (Å²) in [5.41, 5.74) is 1.66. The van der Waals surface area contributed by atoms with Crippen LogP contribution in [0.25, 0.3) is 0 Å². The van der Waals surface area contributed by atoms with Crippen molar-refractivity contribution in [3.8, 4) is 0 Å². The average Bonchev–Trinajstić information content (AvgIpc) is 2.81. The van der Waals surface area contributed by atoms with Crippen LogP contribution in [0, 0.1) is 0 Å². The Bertz CT molecular complexity index is 551. The number of hydrogen-bond acceptors (Lipinski definition) is 2. The lowest BCUT2D eigenvalue weighted by atomic mass is 10.2. The molecule has 2 heterocycles. The molecule has 0 aliphatic rings. The number of aryl methyl sites for hydroxylation is 1. The van der Waals surface area contributed by atoms with E-state index in [0.717, 1.165) is 23.1 Å². The van der Waals surface area contributed by atoms with Crippen molar-refractivity contribution >= 4 is 21.8 Å². The maximum atomic E-state index is 12.1. The maximum Gasteiger partial charge on any atom is 0.267 e. The van der Waals surface area contributed by atoms with Gasteiger partial charge in [-0.05, 0) is 41.1 Å². The molecule has 0 unspecified atom stereocenters. The summed E-state index contributed by atoms with van der Waals surface area (Å²) in [6.45, 7) is 3.37. The number of amides is 1. The van der Waals surface area contributed by atoms with Gasteiger partial charge in [0.2, 0.25) is 0 Å². The molecule has 1 amide bonds. The number of hydrogen-bond donors (Lipinski definition) is 1. The van der Waals surface area contributed by atoms with Crippen LogP contribution in [0.15, 0.2) is 41.1 Å². The van der Waals surface area contributed by atoms with E-state index in [-0.39, 0.29) is 5.91 Å². The summed E-state index contributed by atoms with van der Waals surface area (Å²) >= 11 is 3.39. The predicted octanol–water partition coefficient (Wildman–Crippen LogP) is 2.64. The predicted molar refractivity (Wildman–Crippen MR) is 78.1 cm³/mol. The standard InChI is InChI=1S/C14H16BrN3O/c1-2-18-10-11(15)9-13(18)14(19)17-8-6-12-5-3-4-7-16-12/h3-5,7,9-10H,2,6,8H2,1H3,(H,17,19). The molecule has 5 heteroatoms. The first-order chi connectivity index (χ1) is 9.20. The molecule has 2 rings (SSSR count). The zero-order chi connectivity index (χ0) is 13.7. The van der Waals surface area contributed by atoms with Crippen molar-refractivity contribution in [2.24, 2.45) is 0 Å². The second kappa shape index (κ2) is 6.52. The van der Waals surface area contributed by atoms with E-state index in [1.165, 1.54) is 0 Å². The Morgan fingerprint density at radius 2 is 2.32 bits per heavy atom. The first kappa shape index (κ1) is 13.8. The van der Waals surface area contributed by atoms with Gasteiger partial charge >= 0.3 is 0 Å². The van der Waals surface area contributed by atoms with Crippen LogP contribution in [-0.2, 0) is 13.0 Å². The number of halogens is 1. The van der Waals surface area contributed by atoms with Crippen LogP contribution in [0.4, 0.5) is 0 Å². The zero-order valence-electron chi connectivity index (χ0n) is 10.8. The Balaban J connectivity index is 1.91. The molecule has 2 aromatic rings. The van der Waals surface area contributed by atoms with Gasteiger partial charge in [-0.3, -0.25) is 9.78 Å². The fourth-order valence-corrected chi connectivity index (χ4v) is 2.33. The molecule has 2 aromatic heterocycles. The first-order valence-corrected chi connectivity index (χ1v) is 7.03. The molecule has 4 nitrogen and oxygen atoms in total. The summed E-state index contributed by atoms with van der Waals surface area (Å²) in [5.74, 6) is -0.0523. The van der Waals surface area contributed by atoms with Gasteiger partial charge in [-0.2, -0.15) is 0 Å². The van der Waals surface area contributed by atoms with Crippen molar-refractivity contribution in [2.75, 3.05) is 6.54 Å². The number of nitrogens with zero attached hydrogens (tertiary/aromatic N) is 2. The lowest BCUT2D eigenvalue weighted by Gasteiger charge is -2.07. The zero-order valence-corrected chi connectivity index (χ0v) is 12.4. The number of nitrogens with one attached hydrogen (secondary N) is 1. The summed E-state index contributed by atoms with van der Waals surface area (Å²) in [4.78, 5) is 16.3. The summed E-state index contributed by atoms with van der Waals surface area (Å²) < 4.78 is 2.84. The molecule has 0 radical (unpaired) electrons. The molecular weight excluding hydrogens is 306 g/mol. The summed E-state index contributed by atoms with van der Waals surface area (Å²) in [6, 6.07) is 7.62. The minimum Gasteiger partial charge on any atom is -0.350 e. The van der Waals surface area contributed by atoms with Crippen molar-refractivity contribution < 1.29 is 4.79 Å². The lowest BCUT2D eigenvalue weighted by molar-refractivity contribution is 0.0945. The van der Waals surface area contributed by atoms with E-state index >= 15 is 0 Å². The molecule has 19 heavy (non-hydrogen) atoms. The molecule has 0 atom stereocenters. The van der Waals surface area contributed by atoms with Crippen molar-refractivity contribution in [1.29, 1.82) is 0 Å². The number of aromatic nitrogens is 2. The van der Waals surface area contributed by atoms with Gasteiger partial charge in [0.15, 0.2) is 0 Å². The summed E-state index contributed by atoms with van der Waals surface area (Å²) in [7, 11) is 0. The van der Waals surface area contributed by atoms with E-state index in [9.17, 15) is 4.79 Å². The Labute approximate surface area is 121 Å². The molecule has 0 aliphatic carbocycles. The molecule has 1 N–H and O–H groups in total. The Morgan fingerprint density at radius 3 is 3.00 bits per heavy atom. The van der Waals surface area contributed by atoms with Crippen LogP contribution >= 0.6 is 15.9 Å². The van der Waals surface area contributed by atoms with Crippen LogP contribution in [0.3, 0.4) is 0 Å². The highest BCUT2D eigenvalue weighted by atomic mass is 79.9. The highest BCUT2D eigenvalue weighted by molar-refractivity contribution is 9.10.